The van der Waals surface area contributed by atoms with Gasteiger partial charge in [-0.3, -0.25) is 9.69 Å². The van der Waals surface area contributed by atoms with Gasteiger partial charge in [-0.25, -0.2) is 0 Å². The van der Waals surface area contributed by atoms with E-state index < -0.39 is 5.97 Å². The summed E-state index contributed by atoms with van der Waals surface area (Å²) in [4.78, 5) is 14.0. The summed E-state index contributed by atoms with van der Waals surface area (Å²) in [5.41, 5.74) is 0.718. The van der Waals surface area contributed by atoms with Crippen LogP contribution in [-0.2, 0) is 16.1 Å². The molecule has 0 saturated carbocycles. The lowest BCUT2D eigenvalue weighted by Gasteiger charge is -2.36. The Morgan fingerprint density at radius 2 is 2.12 bits per heavy atom. The number of ether oxygens (including phenoxy) is 3. The quantitative estimate of drug-likeness (QED) is 0.814. The largest absolute Gasteiger partial charge is 0.493 e. The van der Waals surface area contributed by atoms with Gasteiger partial charge in [-0.1, -0.05) is 11.6 Å². The van der Waals surface area contributed by atoms with E-state index >= 15 is 0 Å². The third-order valence-corrected chi connectivity index (χ3v) is 5.88. The Morgan fingerprint density at radius 1 is 1.38 bits per heavy atom. The molecule has 2 aliphatic heterocycles. The molecular weight excluding hydrogens is 358 g/mol. The zero-order valence-electron chi connectivity index (χ0n) is 15.3. The van der Waals surface area contributed by atoms with Crippen LogP contribution in [0.1, 0.15) is 25.3 Å². The molecule has 144 valence electrons. The highest BCUT2D eigenvalue weighted by Gasteiger charge is 2.50. The molecular formula is C19H26ClNO5. The maximum atomic E-state index is 11.8. The molecule has 0 bridgehead atoms. The van der Waals surface area contributed by atoms with E-state index in [1.807, 2.05) is 13.0 Å². The first kappa shape index (κ1) is 19.3. The fourth-order valence-electron chi connectivity index (χ4n) is 4.18. The normalized spacial score (nSPS) is 22.5. The van der Waals surface area contributed by atoms with E-state index in [9.17, 15) is 9.90 Å². The molecule has 1 aromatic carbocycles. The summed E-state index contributed by atoms with van der Waals surface area (Å²) in [5.74, 6) is 0.176. The van der Waals surface area contributed by atoms with E-state index in [-0.39, 0.29) is 11.3 Å². The van der Waals surface area contributed by atoms with Crippen LogP contribution in [0.4, 0.5) is 0 Å². The molecule has 26 heavy (non-hydrogen) atoms. The molecule has 0 amide bonds. The van der Waals surface area contributed by atoms with Gasteiger partial charge < -0.3 is 19.3 Å². The summed E-state index contributed by atoms with van der Waals surface area (Å²) in [5, 5.41) is 10.3. The lowest BCUT2D eigenvalue weighted by atomic mass is 9.72. The van der Waals surface area contributed by atoms with Crippen LogP contribution < -0.4 is 9.47 Å². The molecule has 1 unspecified atom stereocenters. The lowest BCUT2D eigenvalue weighted by Crippen LogP contribution is -2.40. The van der Waals surface area contributed by atoms with E-state index in [2.05, 4.69) is 4.90 Å². The van der Waals surface area contributed by atoms with Crippen molar-refractivity contribution in [3.8, 4) is 11.5 Å². The Balaban J connectivity index is 1.80. The monoisotopic (exact) mass is 383 g/mol. The molecule has 2 saturated heterocycles. The van der Waals surface area contributed by atoms with Crippen LogP contribution >= 0.6 is 11.6 Å². The molecule has 2 aliphatic rings. The number of hydrogen-bond donors (Lipinski definition) is 1. The van der Waals surface area contributed by atoms with Gasteiger partial charge in [0.05, 0.1) is 19.6 Å². The van der Waals surface area contributed by atoms with Crippen molar-refractivity contribution in [2.24, 2.45) is 11.3 Å². The SMILES string of the molecule is CCOc1cc(CN2CC(C(=O)O)C3(CCOCC3)C2)c(Cl)cc1OC. The topological polar surface area (TPSA) is 68.2 Å². The molecule has 1 atom stereocenters. The highest BCUT2D eigenvalue weighted by Crippen LogP contribution is 2.45. The van der Waals surface area contributed by atoms with Gasteiger partial charge >= 0.3 is 5.97 Å². The van der Waals surface area contributed by atoms with E-state index in [1.165, 1.54) is 0 Å². The van der Waals surface area contributed by atoms with Crippen LogP contribution in [0.2, 0.25) is 5.02 Å². The van der Waals surface area contributed by atoms with Crippen LogP contribution in [0.25, 0.3) is 0 Å². The number of carboxylic acid groups (broad SMARTS) is 1. The van der Waals surface area contributed by atoms with Gasteiger partial charge in [0.1, 0.15) is 0 Å². The molecule has 0 radical (unpaired) electrons. The standard InChI is InChI=1S/C19H26ClNO5/c1-3-26-17-8-13(15(20)9-16(17)24-2)10-21-11-14(18(22)23)19(12-21)4-6-25-7-5-19/h8-9,14H,3-7,10-12H2,1-2H3,(H,22,23). The van der Waals surface area contributed by atoms with Crippen molar-refractivity contribution in [3.05, 3.63) is 22.7 Å². The van der Waals surface area contributed by atoms with Crippen molar-refractivity contribution in [1.82, 2.24) is 4.90 Å². The number of hydrogen-bond acceptors (Lipinski definition) is 5. The minimum Gasteiger partial charge on any atom is -0.493 e. The van der Waals surface area contributed by atoms with Crippen molar-refractivity contribution in [2.45, 2.75) is 26.3 Å². The maximum absolute atomic E-state index is 11.8. The van der Waals surface area contributed by atoms with E-state index in [0.29, 0.717) is 49.4 Å². The van der Waals surface area contributed by atoms with Crippen LogP contribution in [0.15, 0.2) is 12.1 Å². The third-order valence-electron chi connectivity index (χ3n) is 5.53. The van der Waals surface area contributed by atoms with Gasteiger partial charge in [0, 0.05) is 49.4 Å². The lowest BCUT2D eigenvalue weighted by molar-refractivity contribution is -0.147. The second kappa shape index (κ2) is 8.03. The second-order valence-electron chi connectivity index (χ2n) is 7.06. The molecule has 3 rings (SSSR count). The van der Waals surface area contributed by atoms with E-state index in [1.54, 1.807) is 13.2 Å². The van der Waals surface area contributed by atoms with Crippen LogP contribution in [0, 0.1) is 11.3 Å². The smallest absolute Gasteiger partial charge is 0.308 e. The van der Waals surface area contributed by atoms with Crippen molar-refractivity contribution >= 4 is 17.6 Å². The summed E-state index contributed by atoms with van der Waals surface area (Å²) in [6.45, 7) is 5.59. The van der Waals surface area contributed by atoms with E-state index in [0.717, 1.165) is 24.9 Å². The number of benzene rings is 1. The van der Waals surface area contributed by atoms with Gasteiger partial charge in [-0.2, -0.15) is 0 Å². The molecule has 0 aromatic heterocycles. The Hall–Kier alpha value is -1.50. The first-order valence-electron chi connectivity index (χ1n) is 9.01. The van der Waals surface area contributed by atoms with Gasteiger partial charge in [0.15, 0.2) is 11.5 Å². The first-order valence-corrected chi connectivity index (χ1v) is 9.39. The van der Waals surface area contributed by atoms with E-state index in [4.69, 9.17) is 25.8 Å². The summed E-state index contributed by atoms with van der Waals surface area (Å²) in [6, 6.07) is 3.66. The maximum Gasteiger partial charge on any atom is 0.308 e. The molecule has 7 heteroatoms. The predicted octanol–water partition coefficient (Wildman–Crippen LogP) is 3.06. The zero-order valence-corrected chi connectivity index (χ0v) is 16.1. The summed E-state index contributed by atoms with van der Waals surface area (Å²) >= 11 is 6.44. The number of methoxy groups -OCH3 is 1. The minimum absolute atomic E-state index is 0.203. The van der Waals surface area contributed by atoms with Gasteiger partial charge in [-0.05, 0) is 31.4 Å². The number of nitrogens with zero attached hydrogens (tertiary/aromatic N) is 1. The Bertz CT molecular complexity index is 660. The zero-order chi connectivity index (χ0) is 18.7. The van der Waals surface area contributed by atoms with Gasteiger partial charge in [-0.15, -0.1) is 0 Å². The van der Waals surface area contributed by atoms with Crippen LogP contribution in [0.3, 0.4) is 0 Å². The molecule has 6 nitrogen and oxygen atoms in total. The summed E-state index contributed by atoms with van der Waals surface area (Å²) in [6.07, 6.45) is 1.59. The first-order chi connectivity index (χ1) is 12.5. The van der Waals surface area contributed by atoms with Crippen molar-refractivity contribution in [1.29, 1.82) is 0 Å². The molecule has 2 heterocycles. The highest BCUT2D eigenvalue weighted by atomic mass is 35.5. The van der Waals surface area contributed by atoms with Crippen molar-refractivity contribution in [3.63, 3.8) is 0 Å². The van der Waals surface area contributed by atoms with Crippen molar-refractivity contribution in [2.75, 3.05) is 40.0 Å². The Kier molecular flexibility index (Phi) is 5.95. The second-order valence-corrected chi connectivity index (χ2v) is 7.47. The number of carbonyl (C=O) groups is 1. The minimum atomic E-state index is -0.717. The van der Waals surface area contributed by atoms with Gasteiger partial charge in [0.25, 0.3) is 0 Å². The molecule has 0 aliphatic carbocycles. The summed E-state index contributed by atoms with van der Waals surface area (Å²) in [7, 11) is 1.58. The average Bonchev–Trinajstić information content (AvgIpc) is 2.96. The fraction of sp³-hybridized carbons (Fsp3) is 0.632. The fourth-order valence-corrected chi connectivity index (χ4v) is 4.40. The highest BCUT2D eigenvalue weighted by molar-refractivity contribution is 6.31. The number of aliphatic carboxylic acids is 1. The number of rotatable bonds is 6. The third kappa shape index (κ3) is 3.77. The Morgan fingerprint density at radius 3 is 2.73 bits per heavy atom. The number of halogens is 1. The Labute approximate surface area is 159 Å². The number of carboxylic acids is 1. The average molecular weight is 384 g/mol. The molecule has 1 N–H and O–H groups in total. The van der Waals surface area contributed by atoms with Gasteiger partial charge in [0.2, 0.25) is 0 Å². The predicted molar refractivity (Wildman–Crippen MR) is 98.1 cm³/mol. The van der Waals surface area contributed by atoms with Crippen LogP contribution in [-0.4, -0.2) is 56.0 Å². The molecule has 1 aromatic rings. The summed E-state index contributed by atoms with van der Waals surface area (Å²) < 4.78 is 16.4. The van der Waals surface area contributed by atoms with Crippen molar-refractivity contribution < 1.29 is 24.1 Å². The molecule has 1 spiro atoms. The van der Waals surface area contributed by atoms with Crippen LogP contribution in [0.5, 0.6) is 11.5 Å². The number of likely N-dealkylation sites (tertiary alicyclic amines) is 1. The molecule has 2 fully saturated rings.